The van der Waals surface area contributed by atoms with Crippen LogP contribution in [0.25, 0.3) is 11.3 Å². The van der Waals surface area contributed by atoms with Gasteiger partial charge in [-0.05, 0) is 43.7 Å². The highest BCUT2D eigenvalue weighted by atomic mass is 19.2. The van der Waals surface area contributed by atoms with E-state index in [0.717, 1.165) is 12.1 Å². The molecule has 3 rings (SSSR count). The van der Waals surface area contributed by atoms with Gasteiger partial charge >= 0.3 is 0 Å². The van der Waals surface area contributed by atoms with Crippen LogP contribution in [0.2, 0.25) is 0 Å². The molecule has 1 aromatic heterocycles. The fourth-order valence-electron chi connectivity index (χ4n) is 2.68. The molecule has 2 N–H and O–H groups in total. The van der Waals surface area contributed by atoms with Crippen molar-refractivity contribution < 1.29 is 23.2 Å². The summed E-state index contributed by atoms with van der Waals surface area (Å²) in [4.78, 5) is 39.5. The number of pyridine rings is 1. The van der Waals surface area contributed by atoms with Gasteiger partial charge in [0.15, 0.2) is 11.6 Å². The summed E-state index contributed by atoms with van der Waals surface area (Å²) in [5.74, 6) is -3.35. The molecule has 8 heteroatoms. The van der Waals surface area contributed by atoms with Crippen molar-refractivity contribution in [2.45, 2.75) is 25.8 Å². The summed E-state index contributed by atoms with van der Waals surface area (Å²) in [6, 6.07) is 5.65. The fraction of sp³-hybridized carbons (Fsp3) is 0.222. The highest BCUT2D eigenvalue weighted by Crippen LogP contribution is 2.21. The summed E-state index contributed by atoms with van der Waals surface area (Å²) in [5, 5.41) is 4.74. The second-order valence-corrected chi connectivity index (χ2v) is 5.94. The number of hydrogen-bond donors (Lipinski definition) is 2. The van der Waals surface area contributed by atoms with Gasteiger partial charge in [-0.3, -0.25) is 24.7 Å². The van der Waals surface area contributed by atoms with Gasteiger partial charge in [0.2, 0.25) is 11.8 Å². The van der Waals surface area contributed by atoms with E-state index in [2.05, 4.69) is 15.6 Å². The van der Waals surface area contributed by atoms with E-state index in [9.17, 15) is 23.2 Å². The van der Waals surface area contributed by atoms with Gasteiger partial charge in [-0.2, -0.15) is 0 Å². The molecule has 1 saturated heterocycles. The minimum absolute atomic E-state index is 0.156. The van der Waals surface area contributed by atoms with Crippen LogP contribution in [-0.2, 0) is 9.59 Å². The van der Waals surface area contributed by atoms with Gasteiger partial charge in [0.25, 0.3) is 5.91 Å². The Morgan fingerprint density at radius 1 is 1.19 bits per heavy atom. The zero-order valence-electron chi connectivity index (χ0n) is 13.8. The van der Waals surface area contributed by atoms with Crippen LogP contribution in [0.5, 0.6) is 0 Å². The molecule has 3 amide bonds. The third-order valence-corrected chi connectivity index (χ3v) is 4.09. The number of rotatable bonds is 3. The van der Waals surface area contributed by atoms with Crippen molar-refractivity contribution in [3.8, 4) is 11.3 Å². The fourth-order valence-corrected chi connectivity index (χ4v) is 2.68. The summed E-state index contributed by atoms with van der Waals surface area (Å²) >= 11 is 0. The van der Waals surface area contributed by atoms with Crippen molar-refractivity contribution in [3.05, 3.63) is 53.2 Å². The Morgan fingerprint density at radius 3 is 2.62 bits per heavy atom. The molecule has 1 fully saturated rings. The second-order valence-electron chi connectivity index (χ2n) is 5.94. The van der Waals surface area contributed by atoms with E-state index < -0.39 is 29.5 Å². The normalized spacial score (nSPS) is 17.0. The Hall–Kier alpha value is -3.16. The van der Waals surface area contributed by atoms with Crippen LogP contribution in [0.15, 0.2) is 30.3 Å². The number of piperidine rings is 1. The van der Waals surface area contributed by atoms with Crippen molar-refractivity contribution in [3.63, 3.8) is 0 Å². The van der Waals surface area contributed by atoms with Crippen LogP contribution in [0.3, 0.4) is 0 Å². The second kappa shape index (κ2) is 6.99. The molecule has 1 aliphatic heterocycles. The third-order valence-electron chi connectivity index (χ3n) is 4.09. The molecule has 1 atom stereocenters. The number of aromatic nitrogens is 1. The van der Waals surface area contributed by atoms with Crippen molar-refractivity contribution >= 4 is 17.7 Å². The molecular formula is C18H15F2N3O3. The molecule has 0 aliphatic carbocycles. The molecule has 1 aromatic carbocycles. The van der Waals surface area contributed by atoms with Gasteiger partial charge < -0.3 is 5.32 Å². The minimum Gasteiger partial charge on any atom is -0.340 e. The zero-order valence-corrected chi connectivity index (χ0v) is 13.8. The largest absolute Gasteiger partial charge is 0.340 e. The number of amides is 3. The Labute approximate surface area is 147 Å². The number of carbonyl (C=O) groups is 3. The molecule has 0 saturated carbocycles. The number of halogens is 2. The number of nitrogens with zero attached hydrogens (tertiary/aromatic N) is 1. The Balaban J connectivity index is 1.78. The number of benzene rings is 1. The SMILES string of the molecule is Cc1nc(-c2ccc(F)c(F)c2)ccc1C(=O)NC1CCC(=O)NC1=O. The van der Waals surface area contributed by atoms with Crippen molar-refractivity contribution in [2.75, 3.05) is 0 Å². The Kier molecular flexibility index (Phi) is 4.75. The maximum absolute atomic E-state index is 13.4. The topological polar surface area (TPSA) is 88.2 Å². The molecule has 0 bridgehead atoms. The summed E-state index contributed by atoms with van der Waals surface area (Å²) in [7, 11) is 0. The van der Waals surface area contributed by atoms with Gasteiger partial charge in [-0.15, -0.1) is 0 Å². The highest BCUT2D eigenvalue weighted by molar-refractivity contribution is 6.04. The van der Waals surface area contributed by atoms with E-state index in [-0.39, 0.29) is 24.3 Å². The number of carbonyl (C=O) groups excluding carboxylic acids is 3. The lowest BCUT2D eigenvalue weighted by atomic mass is 10.0. The summed E-state index contributed by atoms with van der Waals surface area (Å²) in [6.45, 7) is 1.60. The lowest BCUT2D eigenvalue weighted by molar-refractivity contribution is -0.134. The molecule has 134 valence electrons. The van der Waals surface area contributed by atoms with E-state index in [1.165, 1.54) is 18.2 Å². The minimum atomic E-state index is -0.985. The van der Waals surface area contributed by atoms with E-state index >= 15 is 0 Å². The molecule has 0 radical (unpaired) electrons. The van der Waals surface area contributed by atoms with E-state index in [1.54, 1.807) is 6.92 Å². The average Bonchev–Trinajstić information content (AvgIpc) is 2.59. The molecule has 2 heterocycles. The molecule has 1 aliphatic rings. The molecular weight excluding hydrogens is 344 g/mol. The number of nitrogens with one attached hydrogen (secondary N) is 2. The molecule has 0 spiro atoms. The molecule has 1 unspecified atom stereocenters. The van der Waals surface area contributed by atoms with Crippen molar-refractivity contribution in [1.29, 1.82) is 0 Å². The first-order valence-corrected chi connectivity index (χ1v) is 7.93. The third kappa shape index (κ3) is 3.58. The molecule has 6 nitrogen and oxygen atoms in total. The van der Waals surface area contributed by atoms with Crippen LogP contribution < -0.4 is 10.6 Å². The van der Waals surface area contributed by atoms with Crippen molar-refractivity contribution in [1.82, 2.24) is 15.6 Å². The number of aryl methyl sites for hydroxylation is 1. The number of imide groups is 1. The van der Waals surface area contributed by atoms with Gasteiger partial charge in [0.05, 0.1) is 17.0 Å². The lowest BCUT2D eigenvalue weighted by Gasteiger charge is -2.22. The summed E-state index contributed by atoms with van der Waals surface area (Å²) in [6.07, 6.45) is 0.388. The standard InChI is InChI=1S/C18H15F2N3O3/c1-9-11(17(25)22-15-6-7-16(24)23-18(15)26)3-5-14(21-9)10-2-4-12(19)13(20)8-10/h2-5,8,15H,6-7H2,1H3,(H,22,25)(H,23,24,26). The molecule has 26 heavy (non-hydrogen) atoms. The van der Waals surface area contributed by atoms with Gasteiger partial charge in [0.1, 0.15) is 6.04 Å². The quantitative estimate of drug-likeness (QED) is 0.819. The average molecular weight is 359 g/mol. The Bertz CT molecular complexity index is 915. The maximum Gasteiger partial charge on any atom is 0.253 e. The predicted octanol–water partition coefficient (Wildman–Crippen LogP) is 1.87. The maximum atomic E-state index is 13.4. The first-order chi connectivity index (χ1) is 12.3. The van der Waals surface area contributed by atoms with E-state index in [4.69, 9.17) is 0 Å². The first-order valence-electron chi connectivity index (χ1n) is 7.93. The van der Waals surface area contributed by atoms with Crippen LogP contribution >= 0.6 is 0 Å². The summed E-state index contributed by atoms with van der Waals surface area (Å²) < 4.78 is 26.4. The zero-order chi connectivity index (χ0) is 18.8. The van der Waals surface area contributed by atoms with Gasteiger partial charge in [0, 0.05) is 12.0 Å². The Morgan fingerprint density at radius 2 is 1.96 bits per heavy atom. The summed E-state index contributed by atoms with van der Waals surface area (Å²) in [5.41, 5.74) is 1.39. The van der Waals surface area contributed by atoms with E-state index in [1.807, 2.05) is 0 Å². The van der Waals surface area contributed by atoms with E-state index in [0.29, 0.717) is 17.0 Å². The van der Waals surface area contributed by atoms with Crippen LogP contribution in [0.4, 0.5) is 8.78 Å². The van der Waals surface area contributed by atoms with Crippen LogP contribution in [-0.4, -0.2) is 28.7 Å². The van der Waals surface area contributed by atoms with Gasteiger partial charge in [-0.25, -0.2) is 8.78 Å². The number of hydrogen-bond acceptors (Lipinski definition) is 4. The lowest BCUT2D eigenvalue weighted by Crippen LogP contribution is -2.52. The smallest absolute Gasteiger partial charge is 0.253 e. The highest BCUT2D eigenvalue weighted by Gasteiger charge is 2.28. The molecule has 2 aromatic rings. The monoisotopic (exact) mass is 359 g/mol. The van der Waals surface area contributed by atoms with Gasteiger partial charge in [-0.1, -0.05) is 0 Å². The first kappa shape index (κ1) is 17.7. The predicted molar refractivity (Wildman–Crippen MR) is 88.0 cm³/mol. The van der Waals surface area contributed by atoms with Crippen LogP contribution in [0.1, 0.15) is 28.9 Å². The van der Waals surface area contributed by atoms with Crippen LogP contribution in [0, 0.1) is 18.6 Å². The van der Waals surface area contributed by atoms with Crippen molar-refractivity contribution in [2.24, 2.45) is 0 Å².